The van der Waals surface area contributed by atoms with Crippen molar-refractivity contribution in [3.05, 3.63) is 77.0 Å². The number of carbonyl (C=O) groups is 1. The molecular formula is C25H29F2N5O2. The summed E-state index contributed by atoms with van der Waals surface area (Å²) in [6.45, 7) is 6.54. The molecule has 0 aliphatic carbocycles. The molecule has 1 aliphatic heterocycles. The zero-order valence-corrected chi connectivity index (χ0v) is 19.3. The van der Waals surface area contributed by atoms with Crippen molar-refractivity contribution < 1.29 is 18.3 Å². The minimum absolute atomic E-state index is 0.104. The maximum Gasteiger partial charge on any atom is 0.289 e. The van der Waals surface area contributed by atoms with Crippen molar-refractivity contribution in [1.29, 1.82) is 5.41 Å². The predicted molar refractivity (Wildman–Crippen MR) is 129 cm³/mol. The number of allylic oxidation sites excluding steroid dienone is 1. The van der Waals surface area contributed by atoms with E-state index in [0.717, 1.165) is 11.8 Å². The number of ether oxygens (including phenoxy) is 1. The van der Waals surface area contributed by atoms with Crippen LogP contribution in [0.5, 0.6) is 0 Å². The summed E-state index contributed by atoms with van der Waals surface area (Å²) in [5.41, 5.74) is 8.15. The van der Waals surface area contributed by atoms with E-state index >= 15 is 0 Å². The number of rotatable bonds is 9. The molecule has 1 heterocycles. The summed E-state index contributed by atoms with van der Waals surface area (Å²) < 4.78 is 35.2. The SMILES string of the molecule is C=C(NC)C(CCC=O)c1c(F)cc(N2CC(N=C(N)OC(=N)c3cccc(C)c3)C2)cc1F. The molecule has 1 saturated heterocycles. The van der Waals surface area contributed by atoms with E-state index < -0.39 is 17.6 Å². The molecule has 7 nitrogen and oxygen atoms in total. The van der Waals surface area contributed by atoms with Crippen LogP contribution in [0.1, 0.15) is 35.4 Å². The number of aliphatic imine (C=N–C) groups is 1. The Morgan fingerprint density at radius 2 is 2.03 bits per heavy atom. The fourth-order valence-electron chi connectivity index (χ4n) is 3.89. The summed E-state index contributed by atoms with van der Waals surface area (Å²) >= 11 is 0. The predicted octanol–water partition coefficient (Wildman–Crippen LogP) is 3.61. The van der Waals surface area contributed by atoms with Crippen LogP contribution in [0.3, 0.4) is 0 Å². The molecule has 2 aromatic carbocycles. The number of aryl methyl sites for hydroxylation is 1. The number of amidine groups is 1. The van der Waals surface area contributed by atoms with E-state index in [9.17, 15) is 13.6 Å². The van der Waals surface area contributed by atoms with Crippen LogP contribution in [0.4, 0.5) is 14.5 Å². The van der Waals surface area contributed by atoms with Crippen molar-refractivity contribution in [2.75, 3.05) is 25.0 Å². The van der Waals surface area contributed by atoms with Gasteiger partial charge in [-0.15, -0.1) is 0 Å². The Bertz CT molecular complexity index is 1090. The summed E-state index contributed by atoms with van der Waals surface area (Å²) in [6, 6.07) is 9.50. The summed E-state index contributed by atoms with van der Waals surface area (Å²) in [6.07, 6.45) is 1.15. The topological polar surface area (TPSA) is 104 Å². The van der Waals surface area contributed by atoms with Gasteiger partial charge in [-0.25, -0.2) is 13.8 Å². The highest BCUT2D eigenvalue weighted by Gasteiger charge is 2.30. The van der Waals surface area contributed by atoms with Gasteiger partial charge >= 0.3 is 0 Å². The van der Waals surface area contributed by atoms with Gasteiger partial charge in [0.15, 0.2) is 0 Å². The van der Waals surface area contributed by atoms with E-state index in [2.05, 4.69) is 16.9 Å². The monoisotopic (exact) mass is 469 g/mol. The fraction of sp³-hybridized carbons (Fsp3) is 0.320. The van der Waals surface area contributed by atoms with Gasteiger partial charge in [-0.1, -0.05) is 24.3 Å². The first-order valence-electron chi connectivity index (χ1n) is 10.9. The third-order valence-corrected chi connectivity index (χ3v) is 5.75. The quantitative estimate of drug-likeness (QED) is 0.296. The van der Waals surface area contributed by atoms with Crippen molar-refractivity contribution in [2.24, 2.45) is 10.7 Å². The molecule has 0 radical (unpaired) electrons. The molecule has 2 aromatic rings. The number of likely N-dealkylation sites (N-methyl/N-ethyl adjacent to an activating group) is 1. The number of nitrogens with one attached hydrogen (secondary N) is 2. The molecule has 0 spiro atoms. The normalized spacial score (nSPS) is 14.8. The summed E-state index contributed by atoms with van der Waals surface area (Å²) in [4.78, 5) is 16.8. The Hall–Kier alpha value is -3.75. The van der Waals surface area contributed by atoms with Gasteiger partial charge in [-0.05, 0) is 37.6 Å². The lowest BCUT2D eigenvalue weighted by Crippen LogP contribution is -2.51. The largest absolute Gasteiger partial charge is 0.407 e. The van der Waals surface area contributed by atoms with Crippen LogP contribution in [0.15, 0.2) is 53.7 Å². The molecule has 9 heteroatoms. The smallest absolute Gasteiger partial charge is 0.289 e. The first-order valence-corrected chi connectivity index (χ1v) is 10.9. The molecular weight excluding hydrogens is 440 g/mol. The van der Waals surface area contributed by atoms with Crippen molar-refractivity contribution in [3.63, 3.8) is 0 Å². The van der Waals surface area contributed by atoms with Crippen LogP contribution in [0.2, 0.25) is 0 Å². The van der Waals surface area contributed by atoms with Gasteiger partial charge in [0.25, 0.3) is 6.02 Å². The molecule has 0 amide bonds. The Morgan fingerprint density at radius 3 is 2.62 bits per heavy atom. The van der Waals surface area contributed by atoms with E-state index in [0.29, 0.717) is 30.0 Å². The maximum atomic E-state index is 14.9. The molecule has 0 saturated carbocycles. The van der Waals surface area contributed by atoms with Crippen LogP contribution >= 0.6 is 0 Å². The van der Waals surface area contributed by atoms with E-state index in [1.165, 1.54) is 12.1 Å². The second kappa shape index (κ2) is 10.9. The lowest BCUT2D eigenvalue weighted by molar-refractivity contribution is -0.108. The van der Waals surface area contributed by atoms with Gasteiger partial charge in [0.1, 0.15) is 17.9 Å². The minimum Gasteiger partial charge on any atom is -0.407 e. The molecule has 180 valence electrons. The molecule has 4 N–H and O–H groups in total. The highest BCUT2D eigenvalue weighted by atomic mass is 19.1. The van der Waals surface area contributed by atoms with Crippen molar-refractivity contribution in [2.45, 2.75) is 31.7 Å². The summed E-state index contributed by atoms with van der Waals surface area (Å²) in [7, 11) is 1.62. The zero-order valence-electron chi connectivity index (χ0n) is 19.3. The molecule has 1 fully saturated rings. The number of aldehydes is 1. The lowest BCUT2D eigenvalue weighted by atomic mass is 9.90. The van der Waals surface area contributed by atoms with Gasteiger partial charge < -0.3 is 25.5 Å². The zero-order chi connectivity index (χ0) is 24.8. The van der Waals surface area contributed by atoms with Crippen LogP contribution < -0.4 is 16.0 Å². The van der Waals surface area contributed by atoms with Crippen LogP contribution in [0.25, 0.3) is 0 Å². The number of hydrogen-bond acceptors (Lipinski definition) is 6. The first-order chi connectivity index (χ1) is 16.2. The molecule has 34 heavy (non-hydrogen) atoms. The van der Waals surface area contributed by atoms with Gasteiger partial charge in [0.05, 0.1) is 6.04 Å². The van der Waals surface area contributed by atoms with Crippen molar-refractivity contribution in [3.8, 4) is 0 Å². The summed E-state index contributed by atoms with van der Waals surface area (Å²) in [5.74, 6) is -2.14. The summed E-state index contributed by atoms with van der Waals surface area (Å²) in [5, 5.41) is 10.9. The molecule has 0 aromatic heterocycles. The second-order valence-corrected chi connectivity index (χ2v) is 8.22. The second-order valence-electron chi connectivity index (χ2n) is 8.22. The average Bonchev–Trinajstić information content (AvgIpc) is 2.77. The van der Waals surface area contributed by atoms with Gasteiger partial charge in [0, 0.05) is 55.0 Å². The Morgan fingerprint density at radius 1 is 1.35 bits per heavy atom. The number of hydrogen-bond donors (Lipinski definition) is 3. The molecule has 1 atom stereocenters. The van der Waals surface area contributed by atoms with Gasteiger partial charge in [-0.2, -0.15) is 0 Å². The van der Waals surface area contributed by atoms with Gasteiger partial charge in [0.2, 0.25) is 5.90 Å². The number of nitrogens with two attached hydrogens (primary N) is 1. The third kappa shape index (κ3) is 5.78. The van der Waals surface area contributed by atoms with Gasteiger partial charge in [-0.3, -0.25) is 5.41 Å². The van der Waals surface area contributed by atoms with Crippen LogP contribution in [0, 0.1) is 24.0 Å². The fourth-order valence-corrected chi connectivity index (χ4v) is 3.89. The lowest BCUT2D eigenvalue weighted by Gasteiger charge is -2.39. The van der Waals surface area contributed by atoms with Crippen molar-refractivity contribution in [1.82, 2.24) is 5.32 Å². The highest BCUT2D eigenvalue weighted by molar-refractivity contribution is 5.99. The highest BCUT2D eigenvalue weighted by Crippen LogP contribution is 2.34. The minimum atomic E-state index is -0.691. The van der Waals surface area contributed by atoms with E-state index in [-0.39, 0.29) is 36.4 Å². The Kier molecular flexibility index (Phi) is 7.99. The first kappa shape index (κ1) is 24.9. The molecule has 1 aliphatic rings. The number of benzene rings is 2. The maximum absolute atomic E-state index is 14.9. The molecule has 1 unspecified atom stereocenters. The standard InChI is InChI=1S/C25H29F2N5O2/c1-15-6-4-7-17(10-15)24(28)34-25(29)31-18-13-32(14-18)19-11-21(26)23(22(27)12-19)20(8-5-9-33)16(2)30-3/h4,6-7,9-12,18,20,28,30H,2,5,8,13-14H2,1,3H3,(H2,29,31). The van der Waals surface area contributed by atoms with Crippen molar-refractivity contribution >= 4 is 23.9 Å². The third-order valence-electron chi connectivity index (χ3n) is 5.75. The van der Waals surface area contributed by atoms with E-state index in [1.807, 2.05) is 25.1 Å². The number of anilines is 1. The Balaban J connectivity index is 1.65. The van der Waals surface area contributed by atoms with Crippen LogP contribution in [-0.4, -0.2) is 44.4 Å². The number of halogens is 2. The van der Waals surface area contributed by atoms with E-state index in [1.54, 1.807) is 18.0 Å². The van der Waals surface area contributed by atoms with Crippen LogP contribution in [-0.2, 0) is 9.53 Å². The van der Waals surface area contributed by atoms with E-state index in [4.69, 9.17) is 15.9 Å². The molecule has 0 bridgehead atoms. The number of nitrogens with zero attached hydrogens (tertiary/aromatic N) is 2. The molecule has 3 rings (SSSR count). The average molecular weight is 470 g/mol. The number of carbonyl (C=O) groups excluding carboxylic acids is 1. The Labute approximate surface area is 197 Å².